The fraction of sp³-hybridized carbons (Fsp3) is 0.0909. The van der Waals surface area contributed by atoms with E-state index in [4.69, 9.17) is 9.68 Å². The third kappa shape index (κ3) is 1.73. The smallest absolute Gasteiger partial charge is 0.504 e. The van der Waals surface area contributed by atoms with Gasteiger partial charge in [0.1, 0.15) is 5.75 Å². The van der Waals surface area contributed by atoms with Crippen molar-refractivity contribution < 1.29 is 9.68 Å². The van der Waals surface area contributed by atoms with Gasteiger partial charge in [0, 0.05) is 0 Å². The summed E-state index contributed by atoms with van der Waals surface area (Å²) in [4.78, 5) is 0. The van der Waals surface area contributed by atoms with E-state index in [9.17, 15) is 0 Å². The van der Waals surface area contributed by atoms with Gasteiger partial charge < -0.3 is 9.68 Å². The van der Waals surface area contributed by atoms with Crippen LogP contribution in [0, 0.1) is 6.92 Å². The average molecular weight is 186 g/mol. The van der Waals surface area contributed by atoms with Crippen LogP contribution >= 0.6 is 0 Å². The molecule has 2 rings (SSSR count). The first-order valence-corrected chi connectivity index (χ1v) is 4.54. The first kappa shape index (κ1) is 9.09. The molecule has 0 radical (unpaired) electrons. The minimum absolute atomic E-state index is 0.280. The van der Waals surface area contributed by atoms with E-state index in [1.807, 2.05) is 18.2 Å². The molecule has 0 aliphatic rings. The van der Waals surface area contributed by atoms with Crippen molar-refractivity contribution in [1.82, 2.24) is 0 Å². The fourth-order valence-corrected chi connectivity index (χ4v) is 1.51. The Hall–Kier alpha value is -1.48. The molecule has 0 aliphatic carbocycles. The topological polar surface area (TPSA) is 29.5 Å². The normalized spacial score (nSPS) is 10.1. The maximum absolute atomic E-state index is 8.61. The Balaban J connectivity index is 2.50. The van der Waals surface area contributed by atoms with Crippen LogP contribution in [0.3, 0.4) is 0 Å². The standard InChI is InChI=1S/C11H11BO2/c1-8-2-3-10-7-11(14-12-13)5-4-9(10)6-8/h2-7,12-13H,1H3. The van der Waals surface area contributed by atoms with Crippen molar-refractivity contribution in [2.45, 2.75) is 6.92 Å². The molecule has 0 amide bonds. The summed E-state index contributed by atoms with van der Waals surface area (Å²) in [5, 5.41) is 10.9. The van der Waals surface area contributed by atoms with Crippen LogP contribution in [-0.2, 0) is 0 Å². The van der Waals surface area contributed by atoms with E-state index < -0.39 is 0 Å². The zero-order valence-electron chi connectivity index (χ0n) is 8.03. The van der Waals surface area contributed by atoms with Crippen LogP contribution in [0.5, 0.6) is 5.75 Å². The Bertz CT molecular complexity index is 454. The first-order chi connectivity index (χ1) is 6.79. The highest BCUT2D eigenvalue weighted by Gasteiger charge is 1.97. The molecular formula is C11H11BO2. The van der Waals surface area contributed by atoms with Crippen LogP contribution in [0.2, 0.25) is 0 Å². The predicted molar refractivity (Wildman–Crippen MR) is 58.7 cm³/mol. The Morgan fingerprint density at radius 1 is 1.07 bits per heavy atom. The van der Waals surface area contributed by atoms with Crippen LogP contribution in [0.15, 0.2) is 36.4 Å². The number of fused-ring (bicyclic) bond motifs is 1. The van der Waals surface area contributed by atoms with E-state index in [1.54, 1.807) is 0 Å². The quantitative estimate of drug-likeness (QED) is 0.724. The molecule has 2 aromatic rings. The lowest BCUT2D eigenvalue weighted by atomic mass is 10.1. The summed E-state index contributed by atoms with van der Waals surface area (Å²) in [6.07, 6.45) is 0. The maximum Gasteiger partial charge on any atom is 0.504 e. The Morgan fingerprint density at radius 3 is 2.57 bits per heavy atom. The number of rotatable bonds is 2. The Labute approximate surface area is 83.4 Å². The van der Waals surface area contributed by atoms with E-state index >= 15 is 0 Å². The fourth-order valence-electron chi connectivity index (χ4n) is 1.51. The maximum atomic E-state index is 8.61. The molecule has 2 aromatic carbocycles. The van der Waals surface area contributed by atoms with Crippen LogP contribution < -0.4 is 4.65 Å². The van der Waals surface area contributed by atoms with Crippen molar-refractivity contribution in [3.8, 4) is 5.75 Å². The molecule has 0 bridgehead atoms. The van der Waals surface area contributed by atoms with Gasteiger partial charge in [-0.1, -0.05) is 29.8 Å². The Morgan fingerprint density at radius 2 is 1.79 bits per heavy atom. The van der Waals surface area contributed by atoms with Gasteiger partial charge in [0.05, 0.1) is 0 Å². The van der Waals surface area contributed by atoms with Crippen LogP contribution in [0.4, 0.5) is 0 Å². The lowest BCUT2D eigenvalue weighted by Crippen LogP contribution is -1.99. The zero-order valence-corrected chi connectivity index (χ0v) is 8.03. The van der Waals surface area contributed by atoms with Crippen molar-refractivity contribution in [2.24, 2.45) is 0 Å². The third-order valence-electron chi connectivity index (χ3n) is 2.20. The molecule has 0 aromatic heterocycles. The zero-order chi connectivity index (χ0) is 9.97. The van der Waals surface area contributed by atoms with Gasteiger partial charge in [-0.25, -0.2) is 0 Å². The van der Waals surface area contributed by atoms with Crippen molar-refractivity contribution in [3.63, 3.8) is 0 Å². The molecule has 0 saturated carbocycles. The average Bonchev–Trinajstić information content (AvgIpc) is 2.19. The Kier molecular flexibility index (Phi) is 2.42. The van der Waals surface area contributed by atoms with Gasteiger partial charge in [-0.3, -0.25) is 0 Å². The highest BCUT2D eigenvalue weighted by molar-refractivity contribution is 6.17. The van der Waals surface area contributed by atoms with E-state index in [0.717, 1.165) is 5.39 Å². The summed E-state index contributed by atoms with van der Waals surface area (Å²) in [6, 6.07) is 12.0. The van der Waals surface area contributed by atoms with Crippen molar-refractivity contribution in [2.75, 3.05) is 0 Å². The molecule has 1 N–H and O–H groups in total. The number of aryl methyl sites for hydroxylation is 1. The SMILES string of the molecule is Cc1ccc2cc(OBO)ccc2c1. The summed E-state index contributed by atoms with van der Waals surface area (Å²) < 4.78 is 5.00. The molecule has 0 unspecified atom stereocenters. The highest BCUT2D eigenvalue weighted by atomic mass is 16.5. The van der Waals surface area contributed by atoms with E-state index in [-0.39, 0.29) is 7.69 Å². The number of benzene rings is 2. The van der Waals surface area contributed by atoms with Crippen molar-refractivity contribution in [1.29, 1.82) is 0 Å². The summed E-state index contributed by atoms with van der Waals surface area (Å²) in [7, 11) is -0.280. The lowest BCUT2D eigenvalue weighted by Gasteiger charge is -2.04. The third-order valence-corrected chi connectivity index (χ3v) is 2.20. The van der Waals surface area contributed by atoms with Crippen molar-refractivity contribution in [3.05, 3.63) is 42.0 Å². The number of hydrogen-bond acceptors (Lipinski definition) is 2. The lowest BCUT2D eigenvalue weighted by molar-refractivity contribution is 0.454. The van der Waals surface area contributed by atoms with Gasteiger partial charge in [-0.05, 0) is 29.8 Å². The van der Waals surface area contributed by atoms with Gasteiger partial charge in [-0.15, -0.1) is 0 Å². The van der Waals surface area contributed by atoms with Crippen molar-refractivity contribution >= 4 is 18.5 Å². The molecule has 14 heavy (non-hydrogen) atoms. The summed E-state index contributed by atoms with van der Waals surface area (Å²) in [5.41, 5.74) is 1.24. The molecule has 0 heterocycles. The van der Waals surface area contributed by atoms with Crippen LogP contribution in [0.25, 0.3) is 10.8 Å². The second-order valence-electron chi connectivity index (χ2n) is 3.29. The highest BCUT2D eigenvalue weighted by Crippen LogP contribution is 2.21. The van der Waals surface area contributed by atoms with E-state index in [1.165, 1.54) is 10.9 Å². The predicted octanol–water partition coefficient (Wildman–Crippen LogP) is 1.79. The van der Waals surface area contributed by atoms with Gasteiger partial charge in [-0.2, -0.15) is 0 Å². The molecule has 0 spiro atoms. The second kappa shape index (κ2) is 3.72. The summed E-state index contributed by atoms with van der Waals surface area (Å²) in [6.45, 7) is 2.07. The minimum Gasteiger partial charge on any atom is -0.539 e. The van der Waals surface area contributed by atoms with E-state index in [0.29, 0.717) is 5.75 Å². The molecule has 2 nitrogen and oxygen atoms in total. The molecule has 0 saturated heterocycles. The molecule has 0 aliphatic heterocycles. The largest absolute Gasteiger partial charge is 0.539 e. The van der Waals surface area contributed by atoms with E-state index in [2.05, 4.69) is 25.1 Å². The molecule has 0 atom stereocenters. The summed E-state index contributed by atoms with van der Waals surface area (Å²) >= 11 is 0. The number of hydrogen-bond donors (Lipinski definition) is 1. The van der Waals surface area contributed by atoms with Crippen LogP contribution in [-0.4, -0.2) is 12.7 Å². The first-order valence-electron chi connectivity index (χ1n) is 4.54. The monoisotopic (exact) mass is 186 g/mol. The second-order valence-corrected chi connectivity index (χ2v) is 3.29. The molecular weight excluding hydrogens is 175 g/mol. The minimum atomic E-state index is -0.280. The van der Waals surface area contributed by atoms with Gasteiger partial charge in [0.2, 0.25) is 0 Å². The molecule has 0 fully saturated rings. The van der Waals surface area contributed by atoms with Gasteiger partial charge in [0.15, 0.2) is 0 Å². The van der Waals surface area contributed by atoms with Gasteiger partial charge in [0.25, 0.3) is 0 Å². The van der Waals surface area contributed by atoms with Crippen LogP contribution in [0.1, 0.15) is 5.56 Å². The summed E-state index contributed by atoms with van der Waals surface area (Å²) in [5.74, 6) is 0.698. The molecule has 3 heteroatoms. The molecule has 70 valence electrons. The van der Waals surface area contributed by atoms with Gasteiger partial charge >= 0.3 is 7.69 Å².